The highest BCUT2D eigenvalue weighted by Crippen LogP contribution is 2.30. The van der Waals surface area contributed by atoms with E-state index < -0.39 is 12.0 Å². The third-order valence-electron chi connectivity index (χ3n) is 2.93. The van der Waals surface area contributed by atoms with Gasteiger partial charge in [0.15, 0.2) is 0 Å². The Balaban J connectivity index is 2.01. The molecule has 3 heterocycles. The van der Waals surface area contributed by atoms with Crippen LogP contribution in [0, 0.1) is 0 Å². The van der Waals surface area contributed by atoms with Crippen molar-refractivity contribution in [2.45, 2.75) is 18.5 Å². The third-order valence-corrected chi connectivity index (χ3v) is 3.86. The van der Waals surface area contributed by atoms with Gasteiger partial charge in [-0.1, -0.05) is 6.07 Å². The van der Waals surface area contributed by atoms with E-state index >= 15 is 0 Å². The monoisotopic (exact) mass is 249 g/mol. The van der Waals surface area contributed by atoms with Crippen molar-refractivity contribution in [1.82, 2.24) is 15.3 Å². The van der Waals surface area contributed by atoms with Gasteiger partial charge in [0.1, 0.15) is 6.04 Å². The molecule has 0 bridgehead atoms. The summed E-state index contributed by atoms with van der Waals surface area (Å²) in [4.78, 5) is 19.5. The SMILES string of the molecule is O=C(O)C1Cc2[nH]cnc2C(c2cccs2)N1. The second-order valence-electron chi connectivity index (χ2n) is 3.98. The van der Waals surface area contributed by atoms with Crippen molar-refractivity contribution in [3.05, 3.63) is 40.1 Å². The molecule has 0 spiro atoms. The number of H-pyrrole nitrogens is 1. The van der Waals surface area contributed by atoms with Crippen LogP contribution in [0.4, 0.5) is 0 Å². The Hall–Kier alpha value is -1.66. The van der Waals surface area contributed by atoms with E-state index in [9.17, 15) is 4.79 Å². The number of carboxylic acid groups (broad SMARTS) is 1. The summed E-state index contributed by atoms with van der Waals surface area (Å²) in [5, 5.41) is 14.2. The minimum absolute atomic E-state index is 0.119. The number of aromatic amines is 1. The van der Waals surface area contributed by atoms with E-state index in [1.165, 1.54) is 0 Å². The number of aliphatic carboxylic acids is 1. The predicted molar refractivity (Wildman–Crippen MR) is 63.0 cm³/mol. The molecule has 0 saturated heterocycles. The molecule has 1 aliphatic heterocycles. The van der Waals surface area contributed by atoms with Gasteiger partial charge in [0.05, 0.1) is 18.1 Å². The number of rotatable bonds is 2. The van der Waals surface area contributed by atoms with Gasteiger partial charge >= 0.3 is 5.97 Å². The highest BCUT2D eigenvalue weighted by Gasteiger charge is 2.33. The van der Waals surface area contributed by atoms with E-state index in [1.54, 1.807) is 17.7 Å². The van der Waals surface area contributed by atoms with Crippen LogP contribution in [0.5, 0.6) is 0 Å². The highest BCUT2D eigenvalue weighted by molar-refractivity contribution is 7.10. The van der Waals surface area contributed by atoms with Gasteiger partial charge in [-0.05, 0) is 11.4 Å². The molecule has 0 radical (unpaired) electrons. The number of fused-ring (bicyclic) bond motifs is 1. The largest absolute Gasteiger partial charge is 0.480 e. The second-order valence-corrected chi connectivity index (χ2v) is 4.96. The summed E-state index contributed by atoms with van der Waals surface area (Å²) in [6.45, 7) is 0. The molecule has 2 aromatic heterocycles. The van der Waals surface area contributed by atoms with Gasteiger partial charge in [0.2, 0.25) is 0 Å². The number of hydrogen-bond acceptors (Lipinski definition) is 4. The molecule has 0 aliphatic carbocycles. The first-order valence-corrected chi connectivity index (χ1v) is 6.18. The topological polar surface area (TPSA) is 78.0 Å². The van der Waals surface area contributed by atoms with Crippen molar-refractivity contribution in [2.24, 2.45) is 0 Å². The maximum atomic E-state index is 11.1. The van der Waals surface area contributed by atoms with Crippen molar-refractivity contribution < 1.29 is 9.90 Å². The summed E-state index contributed by atoms with van der Waals surface area (Å²) in [6, 6.07) is 3.27. The number of nitrogens with one attached hydrogen (secondary N) is 2. The zero-order valence-electron chi connectivity index (χ0n) is 8.88. The smallest absolute Gasteiger partial charge is 0.321 e. The van der Waals surface area contributed by atoms with Gasteiger partial charge in [0, 0.05) is 17.0 Å². The van der Waals surface area contributed by atoms with Crippen molar-refractivity contribution in [1.29, 1.82) is 0 Å². The molecular formula is C11H11N3O2S. The molecule has 6 heteroatoms. The van der Waals surface area contributed by atoms with E-state index in [2.05, 4.69) is 15.3 Å². The number of aromatic nitrogens is 2. The zero-order valence-corrected chi connectivity index (χ0v) is 9.70. The standard InChI is InChI=1S/C11H11N3O2S/c15-11(16)7-4-6-9(13-5-12-6)10(14-7)8-2-1-3-17-8/h1-3,5,7,10,14H,4H2,(H,12,13)(H,15,16). The minimum atomic E-state index is -0.827. The maximum absolute atomic E-state index is 11.1. The third kappa shape index (κ3) is 1.75. The molecule has 88 valence electrons. The molecule has 0 fully saturated rings. The van der Waals surface area contributed by atoms with Gasteiger partial charge < -0.3 is 10.1 Å². The minimum Gasteiger partial charge on any atom is -0.480 e. The maximum Gasteiger partial charge on any atom is 0.321 e. The van der Waals surface area contributed by atoms with Crippen molar-refractivity contribution in [3.63, 3.8) is 0 Å². The molecule has 0 aromatic carbocycles. The van der Waals surface area contributed by atoms with E-state index in [0.717, 1.165) is 16.3 Å². The molecular weight excluding hydrogens is 238 g/mol. The van der Waals surface area contributed by atoms with Crippen LogP contribution in [0.2, 0.25) is 0 Å². The quantitative estimate of drug-likeness (QED) is 0.746. The van der Waals surface area contributed by atoms with Crippen LogP contribution in [0.15, 0.2) is 23.8 Å². The van der Waals surface area contributed by atoms with Crippen molar-refractivity contribution >= 4 is 17.3 Å². The van der Waals surface area contributed by atoms with Crippen LogP contribution in [-0.4, -0.2) is 27.1 Å². The summed E-state index contributed by atoms with van der Waals surface area (Å²) >= 11 is 1.60. The van der Waals surface area contributed by atoms with Crippen molar-refractivity contribution in [2.75, 3.05) is 0 Å². The lowest BCUT2D eigenvalue weighted by Crippen LogP contribution is -2.44. The first-order valence-electron chi connectivity index (χ1n) is 5.30. The Morgan fingerprint density at radius 2 is 2.47 bits per heavy atom. The first kappa shape index (κ1) is 10.5. The predicted octanol–water partition coefficient (Wildman–Crippen LogP) is 1.16. The summed E-state index contributed by atoms with van der Waals surface area (Å²) < 4.78 is 0. The molecule has 1 aliphatic rings. The molecule has 5 nitrogen and oxygen atoms in total. The van der Waals surface area contributed by atoms with E-state index in [-0.39, 0.29) is 6.04 Å². The number of imidazole rings is 1. The van der Waals surface area contributed by atoms with Crippen LogP contribution >= 0.6 is 11.3 Å². The fraction of sp³-hybridized carbons (Fsp3) is 0.273. The second kappa shape index (κ2) is 3.97. The van der Waals surface area contributed by atoms with Crippen LogP contribution in [-0.2, 0) is 11.2 Å². The molecule has 2 atom stereocenters. The lowest BCUT2D eigenvalue weighted by molar-refractivity contribution is -0.139. The summed E-state index contributed by atoms with van der Waals surface area (Å²) in [5.41, 5.74) is 1.82. The van der Waals surface area contributed by atoms with E-state index in [4.69, 9.17) is 5.11 Å². The Morgan fingerprint density at radius 3 is 3.18 bits per heavy atom. The average Bonchev–Trinajstić information content (AvgIpc) is 2.98. The fourth-order valence-electron chi connectivity index (χ4n) is 2.12. The molecule has 3 N–H and O–H groups in total. The normalized spacial score (nSPS) is 23.3. The molecule has 17 heavy (non-hydrogen) atoms. The lowest BCUT2D eigenvalue weighted by atomic mass is 9.98. The molecule has 2 aromatic rings. The van der Waals surface area contributed by atoms with Crippen molar-refractivity contribution in [3.8, 4) is 0 Å². The Labute approximate surface area is 102 Å². The summed E-state index contributed by atoms with van der Waals surface area (Å²) in [5.74, 6) is -0.827. The van der Waals surface area contributed by atoms with Crippen LogP contribution in [0.3, 0.4) is 0 Å². The highest BCUT2D eigenvalue weighted by atomic mass is 32.1. The summed E-state index contributed by atoms with van der Waals surface area (Å²) in [6.07, 6.45) is 2.07. The van der Waals surface area contributed by atoms with Crippen LogP contribution in [0.25, 0.3) is 0 Å². The van der Waals surface area contributed by atoms with Gasteiger partial charge in [0.25, 0.3) is 0 Å². The Bertz CT molecular complexity index is 535. The lowest BCUT2D eigenvalue weighted by Gasteiger charge is -2.27. The number of thiophene rings is 1. The average molecular weight is 249 g/mol. The summed E-state index contributed by atoms with van der Waals surface area (Å²) in [7, 11) is 0. The van der Waals surface area contributed by atoms with E-state index in [0.29, 0.717) is 6.42 Å². The molecule has 2 unspecified atom stereocenters. The van der Waals surface area contributed by atoms with Gasteiger partial charge in [-0.2, -0.15) is 0 Å². The van der Waals surface area contributed by atoms with Gasteiger partial charge in [-0.25, -0.2) is 4.98 Å². The van der Waals surface area contributed by atoms with Gasteiger partial charge in [-0.15, -0.1) is 11.3 Å². The molecule has 0 saturated carbocycles. The van der Waals surface area contributed by atoms with Crippen LogP contribution in [0.1, 0.15) is 22.3 Å². The fourth-order valence-corrected chi connectivity index (χ4v) is 2.91. The zero-order chi connectivity index (χ0) is 11.8. The Morgan fingerprint density at radius 1 is 1.59 bits per heavy atom. The number of hydrogen-bond donors (Lipinski definition) is 3. The van der Waals surface area contributed by atoms with Crippen LogP contribution < -0.4 is 5.32 Å². The van der Waals surface area contributed by atoms with E-state index in [1.807, 2.05) is 17.5 Å². The number of carboxylic acids is 1. The first-order chi connectivity index (χ1) is 8.25. The Kier molecular flexibility index (Phi) is 2.45. The number of carbonyl (C=O) groups is 1. The van der Waals surface area contributed by atoms with Gasteiger partial charge in [-0.3, -0.25) is 10.1 Å². The molecule has 3 rings (SSSR count). The number of nitrogens with zero attached hydrogens (tertiary/aromatic N) is 1. The molecule has 0 amide bonds.